The first-order chi connectivity index (χ1) is 7.50. The van der Waals surface area contributed by atoms with E-state index < -0.39 is 0 Å². The highest BCUT2D eigenvalue weighted by molar-refractivity contribution is 5.91. The summed E-state index contributed by atoms with van der Waals surface area (Å²) >= 11 is 0. The van der Waals surface area contributed by atoms with Crippen molar-refractivity contribution in [2.24, 2.45) is 11.7 Å². The Morgan fingerprint density at radius 2 is 2.25 bits per heavy atom. The zero-order valence-corrected chi connectivity index (χ0v) is 9.99. The van der Waals surface area contributed by atoms with E-state index in [9.17, 15) is 4.79 Å². The van der Waals surface area contributed by atoms with Crippen LogP contribution in [0.4, 0.5) is 0 Å². The van der Waals surface area contributed by atoms with Crippen LogP contribution in [0.2, 0.25) is 0 Å². The van der Waals surface area contributed by atoms with Gasteiger partial charge in [-0.25, -0.2) is 4.98 Å². The van der Waals surface area contributed by atoms with Gasteiger partial charge in [-0.1, -0.05) is 13.8 Å². The Labute approximate surface area is 95.4 Å². The van der Waals surface area contributed by atoms with Crippen LogP contribution in [0.5, 0.6) is 0 Å². The van der Waals surface area contributed by atoms with E-state index in [2.05, 4.69) is 24.1 Å². The van der Waals surface area contributed by atoms with E-state index in [-0.39, 0.29) is 17.6 Å². The normalized spacial score (nSPS) is 12.8. The summed E-state index contributed by atoms with van der Waals surface area (Å²) in [7, 11) is 0. The second kappa shape index (κ2) is 5.65. The molecule has 1 aromatic heterocycles. The molecule has 1 amide bonds. The minimum atomic E-state index is -0.294. The summed E-state index contributed by atoms with van der Waals surface area (Å²) < 4.78 is 5.08. The van der Waals surface area contributed by atoms with Crippen molar-refractivity contribution >= 4 is 5.91 Å². The first-order valence-corrected chi connectivity index (χ1v) is 5.50. The highest BCUT2D eigenvalue weighted by Gasteiger charge is 2.13. The number of carbonyl (C=O) groups is 1. The van der Waals surface area contributed by atoms with Crippen LogP contribution in [0.1, 0.15) is 49.6 Å². The Morgan fingerprint density at radius 1 is 1.56 bits per heavy atom. The molecule has 0 radical (unpaired) electrons. The van der Waals surface area contributed by atoms with Crippen molar-refractivity contribution in [2.75, 3.05) is 6.54 Å². The average molecular weight is 225 g/mol. The van der Waals surface area contributed by atoms with Crippen LogP contribution in [0.25, 0.3) is 0 Å². The zero-order valence-electron chi connectivity index (χ0n) is 9.99. The Morgan fingerprint density at radius 3 is 2.75 bits per heavy atom. The molecule has 1 heterocycles. The fourth-order valence-corrected chi connectivity index (χ4v) is 1.17. The summed E-state index contributed by atoms with van der Waals surface area (Å²) in [5, 5.41) is 2.78. The molecule has 1 atom stereocenters. The SMILES string of the molecule is CC(C)CCNC(=O)c1coc(C(C)N)n1. The molecule has 1 rings (SSSR count). The molecule has 16 heavy (non-hydrogen) atoms. The lowest BCUT2D eigenvalue weighted by molar-refractivity contribution is 0.0947. The van der Waals surface area contributed by atoms with Crippen molar-refractivity contribution in [3.05, 3.63) is 17.8 Å². The van der Waals surface area contributed by atoms with Gasteiger partial charge >= 0.3 is 0 Å². The summed E-state index contributed by atoms with van der Waals surface area (Å²) in [6, 6.07) is -0.294. The summed E-state index contributed by atoms with van der Waals surface area (Å²) in [4.78, 5) is 15.6. The van der Waals surface area contributed by atoms with Crippen LogP contribution in [0.15, 0.2) is 10.7 Å². The lowest BCUT2D eigenvalue weighted by atomic mass is 10.1. The topological polar surface area (TPSA) is 81.2 Å². The minimum absolute atomic E-state index is 0.212. The number of oxazole rings is 1. The smallest absolute Gasteiger partial charge is 0.273 e. The maximum atomic E-state index is 11.6. The molecule has 0 fully saturated rings. The number of hydrogen-bond acceptors (Lipinski definition) is 4. The van der Waals surface area contributed by atoms with Gasteiger partial charge in [0, 0.05) is 6.54 Å². The second-order valence-corrected chi connectivity index (χ2v) is 4.30. The largest absolute Gasteiger partial charge is 0.446 e. The van der Waals surface area contributed by atoms with Gasteiger partial charge in [0.25, 0.3) is 5.91 Å². The van der Waals surface area contributed by atoms with Crippen molar-refractivity contribution in [1.82, 2.24) is 10.3 Å². The van der Waals surface area contributed by atoms with Crippen LogP contribution in [0, 0.1) is 5.92 Å². The first-order valence-electron chi connectivity index (χ1n) is 5.50. The molecule has 90 valence electrons. The van der Waals surface area contributed by atoms with Gasteiger partial charge in [-0.05, 0) is 19.3 Å². The van der Waals surface area contributed by atoms with Crippen molar-refractivity contribution < 1.29 is 9.21 Å². The number of nitrogens with two attached hydrogens (primary N) is 1. The first kappa shape index (κ1) is 12.7. The molecule has 1 unspecified atom stereocenters. The van der Waals surface area contributed by atoms with E-state index in [4.69, 9.17) is 10.2 Å². The molecule has 0 saturated carbocycles. The van der Waals surface area contributed by atoms with Gasteiger partial charge in [0.05, 0.1) is 6.04 Å². The summed E-state index contributed by atoms with van der Waals surface area (Å²) in [6.45, 7) is 6.62. The molecular formula is C11H19N3O2. The fourth-order valence-electron chi connectivity index (χ4n) is 1.17. The molecule has 0 aliphatic rings. The number of amides is 1. The molecule has 0 saturated heterocycles. The Balaban J connectivity index is 2.46. The van der Waals surface area contributed by atoms with Crippen molar-refractivity contribution in [3.8, 4) is 0 Å². The molecule has 0 bridgehead atoms. The fraction of sp³-hybridized carbons (Fsp3) is 0.636. The third-order valence-electron chi connectivity index (χ3n) is 2.15. The maximum Gasteiger partial charge on any atom is 0.273 e. The van der Waals surface area contributed by atoms with E-state index in [0.29, 0.717) is 18.4 Å². The number of aromatic nitrogens is 1. The maximum absolute atomic E-state index is 11.6. The van der Waals surface area contributed by atoms with Crippen molar-refractivity contribution in [2.45, 2.75) is 33.2 Å². The summed E-state index contributed by atoms with van der Waals surface area (Å²) in [5.41, 5.74) is 5.87. The van der Waals surface area contributed by atoms with Crippen molar-refractivity contribution in [3.63, 3.8) is 0 Å². The monoisotopic (exact) mass is 225 g/mol. The Kier molecular flexibility index (Phi) is 4.49. The standard InChI is InChI=1S/C11H19N3O2/c1-7(2)4-5-13-10(15)9-6-16-11(14-9)8(3)12/h6-8H,4-5,12H2,1-3H3,(H,13,15). The molecule has 0 spiro atoms. The molecule has 0 aliphatic carbocycles. The van der Waals surface area contributed by atoms with Gasteiger partial charge in [0.2, 0.25) is 5.89 Å². The zero-order chi connectivity index (χ0) is 12.1. The van der Waals surface area contributed by atoms with Gasteiger partial charge in [0.1, 0.15) is 6.26 Å². The van der Waals surface area contributed by atoms with E-state index in [1.807, 2.05) is 0 Å². The lowest BCUT2D eigenvalue weighted by Crippen LogP contribution is -2.25. The van der Waals surface area contributed by atoms with Crippen LogP contribution in [0.3, 0.4) is 0 Å². The van der Waals surface area contributed by atoms with Gasteiger partial charge in [0.15, 0.2) is 5.69 Å². The van der Waals surface area contributed by atoms with Gasteiger partial charge < -0.3 is 15.5 Å². The van der Waals surface area contributed by atoms with Gasteiger partial charge in [-0.15, -0.1) is 0 Å². The predicted octanol–water partition coefficient (Wildman–Crippen LogP) is 1.47. The third kappa shape index (κ3) is 3.66. The molecular weight excluding hydrogens is 206 g/mol. The van der Waals surface area contributed by atoms with Gasteiger partial charge in [-0.3, -0.25) is 4.79 Å². The Hall–Kier alpha value is -1.36. The summed E-state index contributed by atoms with van der Waals surface area (Å²) in [5.74, 6) is 0.738. The number of nitrogens with one attached hydrogen (secondary N) is 1. The van der Waals surface area contributed by atoms with E-state index in [1.165, 1.54) is 6.26 Å². The predicted molar refractivity (Wildman–Crippen MR) is 60.9 cm³/mol. The minimum Gasteiger partial charge on any atom is -0.446 e. The van der Waals surface area contributed by atoms with Crippen LogP contribution in [-0.4, -0.2) is 17.4 Å². The highest BCUT2D eigenvalue weighted by atomic mass is 16.3. The van der Waals surface area contributed by atoms with Crippen LogP contribution < -0.4 is 11.1 Å². The molecule has 0 aliphatic heterocycles. The molecule has 1 aromatic rings. The number of hydrogen-bond donors (Lipinski definition) is 2. The lowest BCUT2D eigenvalue weighted by Gasteiger charge is -2.04. The van der Waals surface area contributed by atoms with E-state index >= 15 is 0 Å². The van der Waals surface area contributed by atoms with Crippen LogP contribution >= 0.6 is 0 Å². The van der Waals surface area contributed by atoms with Gasteiger partial charge in [-0.2, -0.15) is 0 Å². The molecule has 5 heteroatoms. The molecule has 0 aromatic carbocycles. The van der Waals surface area contributed by atoms with Crippen LogP contribution in [-0.2, 0) is 0 Å². The second-order valence-electron chi connectivity index (χ2n) is 4.30. The van der Waals surface area contributed by atoms with E-state index in [1.54, 1.807) is 6.92 Å². The van der Waals surface area contributed by atoms with E-state index in [0.717, 1.165) is 6.42 Å². The number of rotatable bonds is 5. The number of carbonyl (C=O) groups excluding carboxylic acids is 1. The average Bonchev–Trinajstić information content (AvgIpc) is 2.65. The van der Waals surface area contributed by atoms with Crippen molar-refractivity contribution in [1.29, 1.82) is 0 Å². The Bertz CT molecular complexity index is 345. The quantitative estimate of drug-likeness (QED) is 0.795. The molecule has 5 nitrogen and oxygen atoms in total. The molecule has 3 N–H and O–H groups in total. The third-order valence-corrected chi connectivity index (χ3v) is 2.15. The highest BCUT2D eigenvalue weighted by Crippen LogP contribution is 2.08. The summed E-state index contributed by atoms with van der Waals surface area (Å²) in [6.07, 6.45) is 2.28. The number of nitrogens with zero attached hydrogens (tertiary/aromatic N) is 1.